The summed E-state index contributed by atoms with van der Waals surface area (Å²) in [5, 5.41) is 24.1. The van der Waals surface area contributed by atoms with Gasteiger partial charge in [0.2, 0.25) is 0 Å². The molecule has 190 valence electrons. The van der Waals surface area contributed by atoms with Crippen LogP contribution in [0.5, 0.6) is 5.75 Å². The van der Waals surface area contributed by atoms with Gasteiger partial charge in [-0.3, -0.25) is 14.8 Å². The number of fused-ring (bicyclic) bond motifs is 1. The zero-order chi connectivity index (χ0) is 24.9. The summed E-state index contributed by atoms with van der Waals surface area (Å²) in [4.78, 5) is 19.1. The van der Waals surface area contributed by atoms with Crippen molar-refractivity contribution < 1.29 is 14.6 Å². The fraction of sp³-hybridized carbons (Fsp3) is 0.423. The van der Waals surface area contributed by atoms with Crippen molar-refractivity contribution in [3.05, 3.63) is 70.1 Å². The van der Waals surface area contributed by atoms with Crippen molar-refractivity contribution in [3.63, 3.8) is 0 Å². The van der Waals surface area contributed by atoms with E-state index >= 15 is 0 Å². The Morgan fingerprint density at radius 2 is 2.22 bits per heavy atom. The number of aromatic amines is 1. The van der Waals surface area contributed by atoms with Crippen LogP contribution in [0.25, 0.3) is 0 Å². The Balaban J connectivity index is 1.10. The number of nitrogens with zero attached hydrogens (tertiary/aromatic N) is 3. The molecule has 0 saturated heterocycles. The molecule has 1 aliphatic carbocycles. The number of H-pyrrole nitrogens is 1. The Morgan fingerprint density at radius 1 is 1.33 bits per heavy atom. The number of aromatic nitrogens is 3. The number of benzene rings is 1. The van der Waals surface area contributed by atoms with E-state index in [4.69, 9.17) is 16.3 Å². The highest BCUT2D eigenvalue weighted by molar-refractivity contribution is 6.33. The second-order valence-corrected chi connectivity index (χ2v) is 9.84. The second kappa shape index (κ2) is 11.3. The molecule has 2 aliphatic rings. The Kier molecular flexibility index (Phi) is 7.69. The zero-order valence-corrected chi connectivity index (χ0v) is 20.8. The highest BCUT2D eigenvalue weighted by Crippen LogP contribution is 2.34. The normalized spacial score (nSPS) is 16.6. The van der Waals surface area contributed by atoms with E-state index in [0.29, 0.717) is 47.9 Å². The molecule has 0 unspecified atom stereocenters. The number of hydrogen-bond acceptors (Lipinski definition) is 7. The number of β-amino-alcohol motifs (C(OH)–C–C–N with tert-alkyl or cyclic N) is 1. The standard InChI is InChI=1S/C26H31ClN6O3/c27-25-22-7-9-33(14-19(22)4-5-23(25)36-16-17-11-30-31-12-17)15-21(34)13-29-26(35)18-6-8-28-24(10-18)32-20-2-1-3-20/h4-6,8,10-12,20-21,34H,1-3,7,9,13-16H2,(H,28,32)(H,29,35)(H,30,31)/t21-/m0/s1. The van der Waals surface area contributed by atoms with Gasteiger partial charge in [0.1, 0.15) is 18.2 Å². The summed E-state index contributed by atoms with van der Waals surface area (Å²) in [5.74, 6) is 1.16. The van der Waals surface area contributed by atoms with Crippen LogP contribution in [0.3, 0.4) is 0 Å². The number of amides is 1. The van der Waals surface area contributed by atoms with Gasteiger partial charge in [0.25, 0.3) is 5.91 Å². The van der Waals surface area contributed by atoms with Crippen LogP contribution in [-0.4, -0.2) is 62.9 Å². The highest BCUT2D eigenvalue weighted by Gasteiger charge is 2.23. The Labute approximate surface area is 215 Å². The predicted octanol–water partition coefficient (Wildman–Crippen LogP) is 3.15. The molecule has 9 nitrogen and oxygen atoms in total. The molecule has 1 amide bonds. The fourth-order valence-electron chi connectivity index (χ4n) is 4.52. The number of carbonyl (C=O) groups is 1. The highest BCUT2D eigenvalue weighted by atomic mass is 35.5. The predicted molar refractivity (Wildman–Crippen MR) is 137 cm³/mol. The van der Waals surface area contributed by atoms with Gasteiger partial charge in [0, 0.05) is 55.7 Å². The van der Waals surface area contributed by atoms with E-state index in [1.807, 2.05) is 12.1 Å². The lowest BCUT2D eigenvalue weighted by Gasteiger charge is -2.31. The number of rotatable bonds is 10. The molecule has 1 fully saturated rings. The summed E-state index contributed by atoms with van der Waals surface area (Å²) < 4.78 is 5.87. The summed E-state index contributed by atoms with van der Waals surface area (Å²) >= 11 is 6.64. The average molecular weight is 511 g/mol. The van der Waals surface area contributed by atoms with Crippen LogP contribution in [0, 0.1) is 0 Å². The molecule has 1 aliphatic heterocycles. The van der Waals surface area contributed by atoms with Crippen LogP contribution < -0.4 is 15.4 Å². The van der Waals surface area contributed by atoms with Crippen LogP contribution in [-0.2, 0) is 19.6 Å². The second-order valence-electron chi connectivity index (χ2n) is 9.46. The van der Waals surface area contributed by atoms with Gasteiger partial charge in [-0.15, -0.1) is 0 Å². The van der Waals surface area contributed by atoms with Crippen LogP contribution >= 0.6 is 11.6 Å². The first-order valence-corrected chi connectivity index (χ1v) is 12.7. The van der Waals surface area contributed by atoms with Gasteiger partial charge >= 0.3 is 0 Å². The van der Waals surface area contributed by atoms with Crippen molar-refractivity contribution in [2.24, 2.45) is 0 Å². The lowest BCUT2D eigenvalue weighted by atomic mass is 9.93. The molecule has 3 aromatic rings. The van der Waals surface area contributed by atoms with E-state index in [2.05, 4.69) is 30.7 Å². The van der Waals surface area contributed by atoms with E-state index in [-0.39, 0.29) is 12.5 Å². The maximum atomic E-state index is 12.6. The van der Waals surface area contributed by atoms with E-state index < -0.39 is 6.10 Å². The van der Waals surface area contributed by atoms with Crippen molar-refractivity contribution in [2.45, 2.75) is 51.0 Å². The van der Waals surface area contributed by atoms with Crippen molar-refractivity contribution in [1.29, 1.82) is 0 Å². The number of ether oxygens (including phenoxy) is 1. The van der Waals surface area contributed by atoms with Crippen molar-refractivity contribution >= 4 is 23.3 Å². The molecule has 36 heavy (non-hydrogen) atoms. The molecule has 4 N–H and O–H groups in total. The number of carbonyl (C=O) groups excluding carboxylic acids is 1. The first kappa shape index (κ1) is 24.5. The minimum absolute atomic E-state index is 0.178. The van der Waals surface area contributed by atoms with Gasteiger partial charge in [-0.2, -0.15) is 5.10 Å². The monoisotopic (exact) mass is 510 g/mol. The number of hydrogen-bond donors (Lipinski definition) is 4. The number of nitrogens with one attached hydrogen (secondary N) is 3. The minimum Gasteiger partial charge on any atom is -0.487 e. The zero-order valence-electron chi connectivity index (χ0n) is 20.0. The smallest absolute Gasteiger partial charge is 0.251 e. The van der Waals surface area contributed by atoms with E-state index in [1.165, 1.54) is 6.42 Å². The van der Waals surface area contributed by atoms with Crippen molar-refractivity contribution in [1.82, 2.24) is 25.4 Å². The molecule has 2 aromatic heterocycles. The molecular weight excluding hydrogens is 480 g/mol. The van der Waals surface area contributed by atoms with Gasteiger partial charge in [-0.25, -0.2) is 4.98 Å². The number of anilines is 1. The number of halogens is 1. The quantitative estimate of drug-likeness (QED) is 0.331. The lowest BCUT2D eigenvalue weighted by molar-refractivity contribution is 0.0841. The molecule has 1 saturated carbocycles. The third kappa shape index (κ3) is 5.98. The molecule has 0 bridgehead atoms. The first-order chi connectivity index (χ1) is 17.5. The average Bonchev–Trinajstić information content (AvgIpc) is 3.38. The maximum absolute atomic E-state index is 12.6. The van der Waals surface area contributed by atoms with Gasteiger partial charge in [-0.1, -0.05) is 17.7 Å². The summed E-state index contributed by atoms with van der Waals surface area (Å²) in [5.41, 5.74) is 3.70. The van der Waals surface area contributed by atoms with Crippen LogP contribution in [0.15, 0.2) is 42.9 Å². The summed E-state index contributed by atoms with van der Waals surface area (Å²) in [6.07, 6.45) is 8.74. The molecule has 5 rings (SSSR count). The number of aliphatic hydroxyl groups excluding tert-OH is 1. The van der Waals surface area contributed by atoms with E-state index in [1.54, 1.807) is 30.7 Å². The van der Waals surface area contributed by atoms with Gasteiger partial charge in [-0.05, 0) is 55.0 Å². The Bertz CT molecular complexity index is 1180. The molecule has 1 atom stereocenters. The maximum Gasteiger partial charge on any atom is 0.251 e. The third-order valence-electron chi connectivity index (χ3n) is 6.77. The van der Waals surface area contributed by atoms with Crippen LogP contribution in [0.1, 0.15) is 46.3 Å². The third-order valence-corrected chi connectivity index (χ3v) is 7.19. The summed E-state index contributed by atoms with van der Waals surface area (Å²) in [6, 6.07) is 7.82. The molecule has 1 aromatic carbocycles. The summed E-state index contributed by atoms with van der Waals surface area (Å²) in [7, 11) is 0. The van der Waals surface area contributed by atoms with E-state index in [9.17, 15) is 9.90 Å². The molecule has 3 heterocycles. The number of pyridine rings is 1. The van der Waals surface area contributed by atoms with Gasteiger partial charge < -0.3 is 20.5 Å². The lowest BCUT2D eigenvalue weighted by Crippen LogP contribution is -2.42. The van der Waals surface area contributed by atoms with Gasteiger partial charge in [0.15, 0.2) is 0 Å². The molecular formula is C26H31ClN6O3. The topological polar surface area (TPSA) is 115 Å². The largest absolute Gasteiger partial charge is 0.487 e. The fourth-order valence-corrected chi connectivity index (χ4v) is 4.85. The van der Waals surface area contributed by atoms with Crippen molar-refractivity contribution in [2.75, 3.05) is 25.0 Å². The Morgan fingerprint density at radius 3 is 3.00 bits per heavy atom. The summed E-state index contributed by atoms with van der Waals surface area (Å²) in [6.45, 7) is 2.49. The molecule has 10 heteroatoms. The van der Waals surface area contributed by atoms with E-state index in [0.717, 1.165) is 42.5 Å². The first-order valence-electron chi connectivity index (χ1n) is 12.4. The van der Waals surface area contributed by atoms with Crippen LogP contribution in [0.2, 0.25) is 5.02 Å². The number of aliphatic hydroxyl groups is 1. The van der Waals surface area contributed by atoms with Gasteiger partial charge in [0.05, 0.1) is 17.3 Å². The Hall–Kier alpha value is -3.14. The SMILES string of the molecule is O=C(NC[C@H](O)CN1CCc2c(ccc(OCc3cn[nH]c3)c2Cl)C1)c1ccnc(NC2CCC2)c1. The minimum atomic E-state index is -0.682. The van der Waals surface area contributed by atoms with Crippen LogP contribution in [0.4, 0.5) is 5.82 Å². The molecule has 0 spiro atoms. The van der Waals surface area contributed by atoms with Crippen molar-refractivity contribution in [3.8, 4) is 5.75 Å². The molecule has 0 radical (unpaired) electrons.